The smallest absolute Gasteiger partial charge is 0.0618 e. The van der Waals surface area contributed by atoms with Crippen LogP contribution in [-0.4, -0.2) is 0 Å². The lowest BCUT2D eigenvalue weighted by Gasteiger charge is -2.31. The van der Waals surface area contributed by atoms with Gasteiger partial charge in [0.25, 0.3) is 0 Å². The fourth-order valence-electron chi connectivity index (χ4n) is 8.22. The normalized spacial score (nSPS) is 12.5. The predicted molar refractivity (Wildman–Crippen MR) is 223 cm³/mol. The largest absolute Gasteiger partial charge is 0.309 e. The lowest BCUT2D eigenvalue weighted by molar-refractivity contribution is 0.590. The zero-order valence-electron chi connectivity index (χ0n) is 30.4. The minimum absolute atomic E-state index is 0.0689. The Hall–Kier alpha value is -5.66. The van der Waals surface area contributed by atoms with Gasteiger partial charge in [-0.2, -0.15) is 0 Å². The van der Waals surface area contributed by atoms with E-state index in [0.717, 1.165) is 11.4 Å². The van der Waals surface area contributed by atoms with Gasteiger partial charge in [-0.05, 0) is 100 Å². The molecule has 0 aliphatic heterocycles. The molecule has 0 spiro atoms. The molecule has 0 heterocycles. The monoisotopic (exact) mass is 657 g/mol. The van der Waals surface area contributed by atoms with Crippen molar-refractivity contribution in [1.29, 1.82) is 0 Å². The molecule has 0 N–H and O–H groups in total. The average Bonchev–Trinajstić information content (AvgIpc) is 3.13. The van der Waals surface area contributed by atoms with Crippen LogP contribution in [0, 0.1) is 0 Å². The van der Waals surface area contributed by atoms with Gasteiger partial charge >= 0.3 is 0 Å². The summed E-state index contributed by atoms with van der Waals surface area (Å²) in [6.45, 7) is 13.7. The summed E-state index contributed by atoms with van der Waals surface area (Å²) in [5, 5.41) is 12.8. The van der Waals surface area contributed by atoms with Crippen molar-refractivity contribution in [2.45, 2.75) is 52.4 Å². The van der Waals surface area contributed by atoms with Crippen LogP contribution < -0.4 is 4.90 Å². The van der Waals surface area contributed by atoms with E-state index in [9.17, 15) is 0 Å². The molecule has 51 heavy (non-hydrogen) atoms. The van der Waals surface area contributed by atoms with Crippen LogP contribution in [0.25, 0.3) is 65.0 Å². The van der Waals surface area contributed by atoms with Crippen LogP contribution in [0.1, 0.15) is 52.7 Å². The van der Waals surface area contributed by atoms with E-state index in [-0.39, 0.29) is 10.8 Å². The first-order valence-corrected chi connectivity index (χ1v) is 18.2. The van der Waals surface area contributed by atoms with E-state index in [4.69, 9.17) is 0 Å². The molecule has 0 aliphatic carbocycles. The second-order valence-corrected chi connectivity index (χ2v) is 16.2. The molecular formula is C50H43N. The van der Waals surface area contributed by atoms with Gasteiger partial charge in [0, 0.05) is 22.1 Å². The summed E-state index contributed by atoms with van der Waals surface area (Å²) in [6, 6.07) is 57.0. The lowest BCUT2D eigenvalue weighted by atomic mass is 9.85. The highest BCUT2D eigenvalue weighted by atomic mass is 15.1. The zero-order chi connectivity index (χ0) is 35.1. The maximum atomic E-state index is 2.48. The van der Waals surface area contributed by atoms with Crippen molar-refractivity contribution < 1.29 is 0 Å². The van der Waals surface area contributed by atoms with E-state index in [0.29, 0.717) is 0 Å². The van der Waals surface area contributed by atoms with Crippen LogP contribution >= 0.6 is 0 Å². The van der Waals surface area contributed by atoms with Crippen LogP contribution in [0.3, 0.4) is 0 Å². The molecule has 0 amide bonds. The maximum absolute atomic E-state index is 2.48. The van der Waals surface area contributed by atoms with Gasteiger partial charge in [0.2, 0.25) is 0 Å². The molecule has 9 aromatic rings. The van der Waals surface area contributed by atoms with Gasteiger partial charge < -0.3 is 4.90 Å². The van der Waals surface area contributed by atoms with Crippen molar-refractivity contribution in [3.05, 3.63) is 163 Å². The van der Waals surface area contributed by atoms with E-state index in [2.05, 4.69) is 198 Å². The number of rotatable bonds is 4. The van der Waals surface area contributed by atoms with Crippen LogP contribution in [-0.2, 0) is 10.8 Å². The van der Waals surface area contributed by atoms with Crippen LogP contribution in [0.2, 0.25) is 0 Å². The Morgan fingerprint density at radius 3 is 1.27 bits per heavy atom. The second kappa shape index (κ2) is 11.4. The van der Waals surface area contributed by atoms with Crippen molar-refractivity contribution in [3.63, 3.8) is 0 Å². The minimum Gasteiger partial charge on any atom is -0.309 e. The first kappa shape index (κ1) is 31.3. The van der Waals surface area contributed by atoms with E-state index in [1.807, 2.05) is 0 Å². The van der Waals surface area contributed by atoms with Crippen molar-refractivity contribution in [2.24, 2.45) is 0 Å². The molecule has 0 fully saturated rings. The quantitative estimate of drug-likeness (QED) is 0.134. The first-order valence-electron chi connectivity index (χ1n) is 18.2. The predicted octanol–water partition coefficient (Wildman–Crippen LogP) is 14.6. The highest BCUT2D eigenvalue weighted by molar-refractivity contribution is 6.29. The summed E-state index contributed by atoms with van der Waals surface area (Å²) >= 11 is 0. The number of hydrogen-bond acceptors (Lipinski definition) is 1. The Morgan fingerprint density at radius 1 is 0.353 bits per heavy atom. The number of nitrogens with zero attached hydrogens (tertiary/aromatic N) is 1. The summed E-state index contributed by atoms with van der Waals surface area (Å²) in [6.07, 6.45) is 0. The van der Waals surface area contributed by atoms with E-state index in [1.54, 1.807) is 0 Å². The Morgan fingerprint density at radius 2 is 0.784 bits per heavy atom. The second-order valence-electron chi connectivity index (χ2n) is 16.2. The summed E-state index contributed by atoms with van der Waals surface area (Å²) in [5.41, 5.74) is 8.86. The third kappa shape index (κ3) is 5.06. The number of fused-ring (bicyclic) bond motifs is 2. The third-order valence-corrected chi connectivity index (χ3v) is 10.9. The number of benzene rings is 9. The van der Waals surface area contributed by atoms with Crippen molar-refractivity contribution in [1.82, 2.24) is 0 Å². The Kier molecular flexibility index (Phi) is 7.03. The molecule has 9 aromatic carbocycles. The van der Waals surface area contributed by atoms with E-state index < -0.39 is 0 Å². The van der Waals surface area contributed by atoms with E-state index >= 15 is 0 Å². The van der Waals surface area contributed by atoms with Crippen LogP contribution in [0.5, 0.6) is 0 Å². The molecule has 9 rings (SSSR count). The Labute approximate surface area is 301 Å². The molecule has 0 unspecified atom stereocenters. The highest BCUT2D eigenvalue weighted by Gasteiger charge is 2.25. The van der Waals surface area contributed by atoms with Gasteiger partial charge in [-0.25, -0.2) is 0 Å². The first-order chi connectivity index (χ1) is 24.6. The van der Waals surface area contributed by atoms with Crippen molar-refractivity contribution in [2.75, 3.05) is 4.90 Å². The molecule has 0 atom stereocenters. The molecular weight excluding hydrogens is 615 g/mol. The van der Waals surface area contributed by atoms with Crippen LogP contribution in [0.15, 0.2) is 152 Å². The van der Waals surface area contributed by atoms with Gasteiger partial charge in [0.05, 0.1) is 5.69 Å². The summed E-state index contributed by atoms with van der Waals surface area (Å²) in [7, 11) is 0. The topological polar surface area (TPSA) is 3.24 Å². The Balaban J connectivity index is 1.37. The maximum Gasteiger partial charge on any atom is 0.0618 e. The van der Waals surface area contributed by atoms with E-state index in [1.165, 1.54) is 81.8 Å². The average molecular weight is 658 g/mol. The van der Waals surface area contributed by atoms with Gasteiger partial charge in [-0.3, -0.25) is 0 Å². The molecule has 0 aliphatic rings. The molecule has 0 aromatic heterocycles. The summed E-state index contributed by atoms with van der Waals surface area (Å²) in [4.78, 5) is 2.48. The van der Waals surface area contributed by atoms with Gasteiger partial charge in [-0.15, -0.1) is 0 Å². The summed E-state index contributed by atoms with van der Waals surface area (Å²) < 4.78 is 0. The summed E-state index contributed by atoms with van der Waals surface area (Å²) in [5.74, 6) is 0. The molecule has 0 saturated carbocycles. The zero-order valence-corrected chi connectivity index (χ0v) is 30.4. The molecule has 1 nitrogen and oxygen atoms in total. The third-order valence-electron chi connectivity index (χ3n) is 10.9. The van der Waals surface area contributed by atoms with Crippen molar-refractivity contribution in [3.8, 4) is 11.1 Å². The minimum atomic E-state index is 0.0689. The molecule has 0 radical (unpaired) electrons. The van der Waals surface area contributed by atoms with Crippen molar-refractivity contribution >= 4 is 70.9 Å². The molecule has 248 valence electrons. The molecule has 0 bridgehead atoms. The number of anilines is 3. The fraction of sp³-hybridized carbons (Fsp3) is 0.160. The molecule has 0 saturated heterocycles. The van der Waals surface area contributed by atoms with Gasteiger partial charge in [0.1, 0.15) is 0 Å². The van der Waals surface area contributed by atoms with Gasteiger partial charge in [0.15, 0.2) is 0 Å². The fourth-order valence-corrected chi connectivity index (χ4v) is 8.22. The van der Waals surface area contributed by atoms with Crippen LogP contribution in [0.4, 0.5) is 17.1 Å². The van der Waals surface area contributed by atoms with Gasteiger partial charge in [-0.1, -0.05) is 169 Å². The standard InChI is InChI=1S/C50H43N/c1-49(2,3)35-22-26-37(27-23-35)51(38-28-24-36(25-29-38)50(4,5)6)48-43-16-9-7-14-39(43)47(40-15-8-10-17-44(40)48)42-31-21-34-19-18-32-12-11-13-33-20-30-41(42)46(34)45(32)33/h7-31H,1-6H3. The highest BCUT2D eigenvalue weighted by Crippen LogP contribution is 2.50. The SMILES string of the molecule is CC(C)(C)c1ccc(N(c2ccc(C(C)(C)C)cc2)c2c3ccccc3c(-c3ccc4ccc5cccc6ccc3c4c56)c3ccccc23)cc1. The lowest BCUT2D eigenvalue weighted by Crippen LogP contribution is -2.15. The molecule has 1 heteroatoms. The Bertz CT molecular complexity index is 2610. The number of hydrogen-bond donors (Lipinski definition) is 0.